The van der Waals surface area contributed by atoms with Crippen LogP contribution in [-0.2, 0) is 0 Å². The van der Waals surface area contributed by atoms with Gasteiger partial charge in [-0.05, 0) is 24.6 Å². The highest BCUT2D eigenvalue weighted by Gasteiger charge is 2.21. The Morgan fingerprint density at radius 2 is 1.86 bits per heavy atom. The van der Waals surface area contributed by atoms with Crippen molar-refractivity contribution in [2.75, 3.05) is 12.8 Å². The van der Waals surface area contributed by atoms with Gasteiger partial charge in [0.2, 0.25) is 0 Å². The molecule has 1 aromatic carbocycles. The van der Waals surface area contributed by atoms with Crippen molar-refractivity contribution >= 4 is 22.5 Å². The third kappa shape index (κ3) is 3.15. The molecule has 0 aliphatic heterocycles. The summed E-state index contributed by atoms with van der Waals surface area (Å²) >= 11 is 0. The summed E-state index contributed by atoms with van der Waals surface area (Å²) in [6.07, 6.45) is 2.56. The third-order valence-corrected chi connectivity index (χ3v) is 3.85. The Balaban J connectivity index is 2.38. The fraction of sp³-hybridized carbons (Fsp3) is 0.412. The monoisotopic (exact) mass is 285 g/mol. The highest BCUT2D eigenvalue weighted by molar-refractivity contribution is 6.08. The van der Waals surface area contributed by atoms with Crippen molar-refractivity contribution < 1.29 is 4.79 Å². The van der Waals surface area contributed by atoms with Crippen LogP contribution in [-0.4, -0.2) is 28.9 Å². The van der Waals surface area contributed by atoms with Gasteiger partial charge in [-0.15, -0.1) is 0 Å². The second kappa shape index (κ2) is 6.12. The first kappa shape index (κ1) is 15.3. The van der Waals surface area contributed by atoms with Crippen LogP contribution >= 0.6 is 0 Å². The van der Waals surface area contributed by atoms with Gasteiger partial charge in [-0.1, -0.05) is 38.1 Å². The molecule has 4 heteroatoms. The van der Waals surface area contributed by atoms with Gasteiger partial charge in [0.15, 0.2) is 0 Å². The molecule has 1 amide bonds. The predicted molar refractivity (Wildman–Crippen MR) is 87.2 cm³/mol. The van der Waals surface area contributed by atoms with Crippen LogP contribution in [0.5, 0.6) is 0 Å². The Morgan fingerprint density at radius 1 is 1.24 bits per heavy atom. The van der Waals surface area contributed by atoms with E-state index in [1.54, 1.807) is 11.1 Å². The topological polar surface area (TPSA) is 59.2 Å². The van der Waals surface area contributed by atoms with Gasteiger partial charge in [0.05, 0.1) is 5.56 Å². The van der Waals surface area contributed by atoms with Crippen LogP contribution in [0.4, 0.5) is 5.82 Å². The van der Waals surface area contributed by atoms with Crippen LogP contribution in [0, 0.1) is 5.92 Å². The number of amides is 1. The Hall–Kier alpha value is -2.10. The molecule has 0 aliphatic rings. The van der Waals surface area contributed by atoms with Crippen LogP contribution in [0.15, 0.2) is 30.5 Å². The number of hydrogen-bond acceptors (Lipinski definition) is 3. The van der Waals surface area contributed by atoms with Crippen molar-refractivity contribution in [1.82, 2.24) is 9.88 Å². The third-order valence-electron chi connectivity index (χ3n) is 3.85. The summed E-state index contributed by atoms with van der Waals surface area (Å²) in [4.78, 5) is 18.7. The van der Waals surface area contributed by atoms with Crippen LogP contribution in [0.1, 0.15) is 37.6 Å². The van der Waals surface area contributed by atoms with Crippen molar-refractivity contribution in [2.24, 2.45) is 5.92 Å². The standard InChI is InChI=1S/C17H23N3O/c1-11(2)9-12(3)20(4)17(21)15-10-19-16(18)14-8-6-5-7-13(14)15/h5-8,10-12H,9H2,1-4H3,(H2,18,19). The summed E-state index contributed by atoms with van der Waals surface area (Å²) in [6, 6.07) is 7.82. The van der Waals surface area contributed by atoms with Gasteiger partial charge in [0.25, 0.3) is 5.91 Å². The second-order valence-corrected chi connectivity index (χ2v) is 6.00. The highest BCUT2D eigenvalue weighted by Crippen LogP contribution is 2.24. The Bertz CT molecular complexity index is 652. The molecule has 0 spiro atoms. The molecule has 2 aromatic rings. The van der Waals surface area contributed by atoms with E-state index in [1.807, 2.05) is 31.3 Å². The molecule has 1 aromatic heterocycles. The molecule has 0 saturated carbocycles. The number of hydrogen-bond donors (Lipinski definition) is 1. The number of carbonyl (C=O) groups is 1. The lowest BCUT2D eigenvalue weighted by molar-refractivity contribution is 0.0730. The quantitative estimate of drug-likeness (QED) is 0.937. The zero-order valence-corrected chi connectivity index (χ0v) is 13.1. The number of carbonyl (C=O) groups excluding carboxylic acids is 1. The van der Waals surface area contributed by atoms with Crippen LogP contribution in [0.3, 0.4) is 0 Å². The van der Waals surface area contributed by atoms with Gasteiger partial charge in [-0.25, -0.2) is 4.98 Å². The molecular formula is C17H23N3O. The number of benzene rings is 1. The molecule has 4 nitrogen and oxygen atoms in total. The molecule has 0 bridgehead atoms. The maximum absolute atomic E-state index is 12.7. The second-order valence-electron chi connectivity index (χ2n) is 6.00. The molecule has 1 unspecified atom stereocenters. The van der Waals surface area contributed by atoms with Gasteiger partial charge < -0.3 is 10.6 Å². The summed E-state index contributed by atoms with van der Waals surface area (Å²) in [6.45, 7) is 6.40. The van der Waals surface area contributed by atoms with Crippen LogP contribution in [0.25, 0.3) is 10.8 Å². The summed E-state index contributed by atoms with van der Waals surface area (Å²) in [5.74, 6) is 1.00. The number of pyridine rings is 1. The Kier molecular flexibility index (Phi) is 4.46. The van der Waals surface area contributed by atoms with E-state index in [-0.39, 0.29) is 11.9 Å². The van der Waals surface area contributed by atoms with E-state index in [2.05, 4.69) is 25.8 Å². The molecule has 21 heavy (non-hydrogen) atoms. The fourth-order valence-corrected chi connectivity index (χ4v) is 2.62. The zero-order chi connectivity index (χ0) is 15.6. The average molecular weight is 285 g/mol. The SMILES string of the molecule is CC(C)CC(C)N(C)C(=O)c1cnc(N)c2ccccc12. The molecule has 0 radical (unpaired) electrons. The van der Waals surface area contributed by atoms with E-state index >= 15 is 0 Å². The Labute approximate surface area is 126 Å². The summed E-state index contributed by atoms with van der Waals surface area (Å²) < 4.78 is 0. The average Bonchev–Trinajstić information content (AvgIpc) is 2.46. The Morgan fingerprint density at radius 3 is 2.48 bits per heavy atom. The lowest BCUT2D eigenvalue weighted by Gasteiger charge is -2.26. The summed E-state index contributed by atoms with van der Waals surface area (Å²) in [5.41, 5.74) is 6.50. The minimum atomic E-state index is -0.00755. The predicted octanol–water partition coefficient (Wildman–Crippen LogP) is 3.32. The molecule has 0 saturated heterocycles. The number of aromatic nitrogens is 1. The van der Waals surface area contributed by atoms with Gasteiger partial charge in [-0.3, -0.25) is 4.79 Å². The normalized spacial score (nSPS) is 12.6. The van der Waals surface area contributed by atoms with Crippen molar-refractivity contribution in [1.29, 1.82) is 0 Å². The number of nitrogens with zero attached hydrogens (tertiary/aromatic N) is 2. The highest BCUT2D eigenvalue weighted by atomic mass is 16.2. The summed E-state index contributed by atoms with van der Waals surface area (Å²) in [7, 11) is 1.85. The lowest BCUT2D eigenvalue weighted by Crippen LogP contribution is -2.36. The largest absolute Gasteiger partial charge is 0.383 e. The van der Waals surface area contributed by atoms with Crippen molar-refractivity contribution in [3.05, 3.63) is 36.0 Å². The maximum atomic E-state index is 12.7. The van der Waals surface area contributed by atoms with Crippen molar-refractivity contribution in [3.8, 4) is 0 Å². The van der Waals surface area contributed by atoms with Gasteiger partial charge in [-0.2, -0.15) is 0 Å². The molecule has 2 rings (SSSR count). The van der Waals surface area contributed by atoms with E-state index < -0.39 is 0 Å². The molecule has 112 valence electrons. The number of nitrogens with two attached hydrogens (primary N) is 1. The zero-order valence-electron chi connectivity index (χ0n) is 13.1. The molecule has 2 N–H and O–H groups in total. The molecular weight excluding hydrogens is 262 g/mol. The minimum absolute atomic E-state index is 0.00755. The van der Waals surface area contributed by atoms with E-state index in [1.165, 1.54) is 0 Å². The fourth-order valence-electron chi connectivity index (χ4n) is 2.62. The molecule has 1 atom stereocenters. The van der Waals surface area contributed by atoms with Crippen molar-refractivity contribution in [3.63, 3.8) is 0 Å². The molecule has 0 fully saturated rings. The number of fused-ring (bicyclic) bond motifs is 1. The number of nitrogen functional groups attached to an aromatic ring is 1. The number of rotatable bonds is 4. The summed E-state index contributed by atoms with van der Waals surface area (Å²) in [5, 5.41) is 1.69. The van der Waals surface area contributed by atoms with Gasteiger partial charge in [0.1, 0.15) is 5.82 Å². The number of anilines is 1. The van der Waals surface area contributed by atoms with E-state index in [4.69, 9.17) is 5.73 Å². The molecule has 0 aliphatic carbocycles. The van der Waals surface area contributed by atoms with Crippen LogP contribution in [0.2, 0.25) is 0 Å². The van der Waals surface area contributed by atoms with E-state index in [0.29, 0.717) is 17.3 Å². The first-order valence-corrected chi connectivity index (χ1v) is 7.32. The molecule has 1 heterocycles. The van der Waals surface area contributed by atoms with E-state index in [9.17, 15) is 4.79 Å². The first-order valence-electron chi connectivity index (χ1n) is 7.32. The first-order chi connectivity index (χ1) is 9.91. The lowest BCUT2D eigenvalue weighted by atomic mass is 10.0. The van der Waals surface area contributed by atoms with E-state index in [0.717, 1.165) is 17.2 Å². The van der Waals surface area contributed by atoms with Crippen molar-refractivity contribution in [2.45, 2.75) is 33.2 Å². The van der Waals surface area contributed by atoms with Gasteiger partial charge >= 0.3 is 0 Å². The maximum Gasteiger partial charge on any atom is 0.256 e. The van der Waals surface area contributed by atoms with Crippen LogP contribution < -0.4 is 5.73 Å². The smallest absolute Gasteiger partial charge is 0.256 e. The van der Waals surface area contributed by atoms with Gasteiger partial charge in [0, 0.05) is 24.7 Å². The minimum Gasteiger partial charge on any atom is -0.383 e.